The molecule has 0 bridgehead atoms. The highest BCUT2D eigenvalue weighted by atomic mass is 35.5. The Labute approximate surface area is 188 Å². The van der Waals surface area contributed by atoms with Gasteiger partial charge in [0.15, 0.2) is 5.69 Å². The Morgan fingerprint density at radius 2 is 1.88 bits per heavy atom. The van der Waals surface area contributed by atoms with Gasteiger partial charge in [-0.05, 0) is 42.8 Å². The minimum atomic E-state index is -0.701. The second-order valence-corrected chi connectivity index (χ2v) is 7.31. The highest BCUT2D eigenvalue weighted by molar-refractivity contribution is 6.30. The smallest absolute Gasteiger partial charge is 0.359 e. The zero-order valence-electron chi connectivity index (χ0n) is 17.0. The summed E-state index contributed by atoms with van der Waals surface area (Å²) >= 11 is 5.99. The number of anilines is 1. The Morgan fingerprint density at radius 3 is 2.50 bits per heavy atom. The van der Waals surface area contributed by atoms with E-state index in [9.17, 15) is 14.9 Å². The summed E-state index contributed by atoms with van der Waals surface area (Å²) in [5, 5.41) is 14.9. The van der Waals surface area contributed by atoms with E-state index in [-0.39, 0.29) is 34.3 Å². The quantitative estimate of drug-likeness (QED) is 0.370. The van der Waals surface area contributed by atoms with Crippen molar-refractivity contribution in [3.8, 4) is 22.9 Å². The summed E-state index contributed by atoms with van der Waals surface area (Å²) in [6.07, 6.45) is 0. The minimum absolute atomic E-state index is 0.0289. The van der Waals surface area contributed by atoms with E-state index in [2.05, 4.69) is 11.2 Å². The Balaban J connectivity index is 2.14. The Hall–Kier alpha value is -4.15. The largest absolute Gasteiger partial charge is 0.461 e. The third-order valence-electron chi connectivity index (χ3n) is 4.96. The predicted octanol–water partition coefficient (Wildman–Crippen LogP) is 4.34. The fourth-order valence-corrected chi connectivity index (χ4v) is 3.62. The van der Waals surface area contributed by atoms with Gasteiger partial charge < -0.3 is 10.5 Å². The number of nitrogens with two attached hydrogens (primary N) is 1. The number of ether oxygens (including phenoxy) is 1. The van der Waals surface area contributed by atoms with Crippen molar-refractivity contribution in [1.82, 2.24) is 9.78 Å². The molecule has 2 N–H and O–H groups in total. The van der Waals surface area contributed by atoms with Crippen LogP contribution in [0.15, 0.2) is 65.5 Å². The van der Waals surface area contributed by atoms with Gasteiger partial charge in [0.1, 0.15) is 6.07 Å². The Bertz CT molecular complexity index is 1440. The standard InChI is InChI=1S/C24H17ClN4O3/c1-2-32-24(31)22-18-12-17(14-8-10-15(25)11-9-14)19(13-26)21(27)20(18)23(30)29(28-22)16-6-4-3-5-7-16/h3-12H,2,27H2,1H3. The molecule has 32 heavy (non-hydrogen) atoms. The van der Waals surface area contributed by atoms with Gasteiger partial charge in [-0.1, -0.05) is 41.9 Å². The average molecular weight is 445 g/mol. The van der Waals surface area contributed by atoms with E-state index in [1.54, 1.807) is 67.6 Å². The molecule has 0 amide bonds. The molecule has 0 spiro atoms. The first-order chi connectivity index (χ1) is 15.5. The van der Waals surface area contributed by atoms with Crippen LogP contribution in [0, 0.1) is 11.3 Å². The number of aromatic nitrogens is 2. The molecule has 0 saturated carbocycles. The second kappa shape index (κ2) is 8.53. The molecule has 158 valence electrons. The molecule has 1 aromatic heterocycles. The van der Waals surface area contributed by atoms with Gasteiger partial charge in [0.25, 0.3) is 5.56 Å². The van der Waals surface area contributed by atoms with Crippen molar-refractivity contribution < 1.29 is 9.53 Å². The summed E-state index contributed by atoms with van der Waals surface area (Å²) < 4.78 is 6.28. The number of nitriles is 1. The molecule has 3 aromatic carbocycles. The number of nitrogens with zero attached hydrogens (tertiary/aromatic N) is 3. The van der Waals surface area contributed by atoms with Gasteiger partial charge in [-0.25, -0.2) is 4.79 Å². The Kier molecular flexibility index (Phi) is 5.63. The maximum absolute atomic E-state index is 13.4. The third kappa shape index (κ3) is 3.57. The molecule has 0 atom stereocenters. The summed E-state index contributed by atoms with van der Waals surface area (Å²) in [6.45, 7) is 1.80. The molecule has 8 heteroatoms. The highest BCUT2D eigenvalue weighted by Gasteiger charge is 2.24. The van der Waals surface area contributed by atoms with Crippen molar-refractivity contribution >= 4 is 34.0 Å². The number of rotatable bonds is 4. The third-order valence-corrected chi connectivity index (χ3v) is 5.22. The van der Waals surface area contributed by atoms with Gasteiger partial charge in [-0.3, -0.25) is 4.79 Å². The number of benzene rings is 3. The van der Waals surface area contributed by atoms with E-state index in [4.69, 9.17) is 22.1 Å². The summed E-state index contributed by atoms with van der Waals surface area (Å²) in [5.41, 5.74) is 7.38. The molecule has 0 unspecified atom stereocenters. The predicted molar refractivity (Wildman–Crippen MR) is 123 cm³/mol. The van der Waals surface area contributed by atoms with Gasteiger partial charge in [0.05, 0.1) is 28.9 Å². The molecule has 7 nitrogen and oxygen atoms in total. The molecule has 0 fully saturated rings. The number of hydrogen-bond donors (Lipinski definition) is 1. The van der Waals surface area contributed by atoms with E-state index >= 15 is 0 Å². The van der Waals surface area contributed by atoms with E-state index in [1.807, 2.05) is 0 Å². The van der Waals surface area contributed by atoms with E-state index in [0.717, 1.165) is 4.68 Å². The van der Waals surface area contributed by atoms with Crippen LogP contribution in [0.4, 0.5) is 5.69 Å². The number of carbonyl (C=O) groups excluding carboxylic acids is 1. The summed E-state index contributed by atoms with van der Waals surface area (Å²) in [4.78, 5) is 26.2. The minimum Gasteiger partial charge on any atom is -0.461 e. The van der Waals surface area contributed by atoms with Crippen LogP contribution in [-0.4, -0.2) is 22.4 Å². The van der Waals surface area contributed by atoms with Crippen LogP contribution in [-0.2, 0) is 4.74 Å². The molecular formula is C24H17ClN4O3. The number of para-hydroxylation sites is 1. The summed E-state index contributed by atoms with van der Waals surface area (Å²) in [6, 6.07) is 19.1. The normalized spacial score (nSPS) is 10.7. The number of carbonyl (C=O) groups is 1. The molecule has 0 aliphatic heterocycles. The number of halogens is 1. The van der Waals surface area contributed by atoms with Crippen LogP contribution in [0.1, 0.15) is 23.0 Å². The van der Waals surface area contributed by atoms with Crippen LogP contribution in [0.2, 0.25) is 5.02 Å². The highest BCUT2D eigenvalue weighted by Crippen LogP contribution is 2.34. The number of esters is 1. The topological polar surface area (TPSA) is 111 Å². The van der Waals surface area contributed by atoms with Crippen LogP contribution in [0.3, 0.4) is 0 Å². The molecule has 0 aliphatic carbocycles. The number of nitrogen functional groups attached to an aromatic ring is 1. The molecular weight excluding hydrogens is 428 g/mol. The van der Waals surface area contributed by atoms with Crippen LogP contribution in [0.5, 0.6) is 0 Å². The van der Waals surface area contributed by atoms with Crippen LogP contribution < -0.4 is 11.3 Å². The monoisotopic (exact) mass is 444 g/mol. The molecule has 0 radical (unpaired) electrons. The van der Waals surface area contributed by atoms with Crippen molar-refractivity contribution in [1.29, 1.82) is 5.26 Å². The van der Waals surface area contributed by atoms with Crippen molar-refractivity contribution in [3.63, 3.8) is 0 Å². The lowest BCUT2D eigenvalue weighted by Crippen LogP contribution is -2.26. The first-order valence-electron chi connectivity index (χ1n) is 9.74. The zero-order valence-corrected chi connectivity index (χ0v) is 17.8. The summed E-state index contributed by atoms with van der Waals surface area (Å²) in [7, 11) is 0. The van der Waals surface area contributed by atoms with Gasteiger partial charge in [0, 0.05) is 16.0 Å². The molecule has 0 aliphatic rings. The SMILES string of the molecule is CCOC(=O)c1nn(-c2ccccc2)c(=O)c2c(N)c(C#N)c(-c3ccc(Cl)cc3)cc12. The van der Waals surface area contributed by atoms with Gasteiger partial charge in [0.2, 0.25) is 0 Å². The maximum atomic E-state index is 13.4. The van der Waals surface area contributed by atoms with Gasteiger partial charge in [-0.2, -0.15) is 15.0 Å². The van der Waals surface area contributed by atoms with Crippen molar-refractivity contribution in [3.05, 3.63) is 87.3 Å². The first-order valence-corrected chi connectivity index (χ1v) is 10.1. The maximum Gasteiger partial charge on any atom is 0.359 e. The zero-order chi connectivity index (χ0) is 22.8. The van der Waals surface area contributed by atoms with Crippen LogP contribution in [0.25, 0.3) is 27.6 Å². The van der Waals surface area contributed by atoms with Crippen molar-refractivity contribution in [2.75, 3.05) is 12.3 Å². The number of fused-ring (bicyclic) bond motifs is 1. The number of hydrogen-bond acceptors (Lipinski definition) is 6. The van der Waals surface area contributed by atoms with E-state index in [1.165, 1.54) is 0 Å². The van der Waals surface area contributed by atoms with Crippen molar-refractivity contribution in [2.45, 2.75) is 6.92 Å². The van der Waals surface area contributed by atoms with Crippen LogP contribution >= 0.6 is 11.6 Å². The van der Waals surface area contributed by atoms with Gasteiger partial charge in [-0.15, -0.1) is 0 Å². The fraction of sp³-hybridized carbons (Fsp3) is 0.0833. The fourth-order valence-electron chi connectivity index (χ4n) is 3.50. The molecule has 1 heterocycles. The summed E-state index contributed by atoms with van der Waals surface area (Å²) in [5.74, 6) is -0.701. The van der Waals surface area contributed by atoms with E-state index in [0.29, 0.717) is 21.8 Å². The lowest BCUT2D eigenvalue weighted by molar-refractivity contribution is 0.0520. The first kappa shape index (κ1) is 21.1. The Morgan fingerprint density at radius 1 is 1.19 bits per heavy atom. The lowest BCUT2D eigenvalue weighted by Gasteiger charge is -2.15. The average Bonchev–Trinajstić information content (AvgIpc) is 2.80. The molecule has 0 saturated heterocycles. The van der Waals surface area contributed by atoms with Gasteiger partial charge >= 0.3 is 5.97 Å². The molecule has 4 aromatic rings. The van der Waals surface area contributed by atoms with Crippen molar-refractivity contribution in [2.24, 2.45) is 0 Å². The lowest BCUT2D eigenvalue weighted by atomic mass is 9.94. The second-order valence-electron chi connectivity index (χ2n) is 6.88. The molecule has 4 rings (SSSR count). The van der Waals surface area contributed by atoms with E-state index < -0.39 is 11.5 Å².